The standard InChI is InChI=1S/C19H16F2N2O2S/c1-11(17-22-13-7-3-4-8-14(13)23(17)19(20)21)25-18(24)16-10-12-6-2-5-9-15(12)26-16/h2-9,11,16,19H,10H2,1H3. The average molecular weight is 374 g/mol. The van der Waals surface area contributed by atoms with Gasteiger partial charge in [-0.25, -0.2) is 4.98 Å². The van der Waals surface area contributed by atoms with Gasteiger partial charge in [0, 0.05) is 4.90 Å². The number of carbonyl (C=O) groups excluding carboxylic acids is 1. The predicted molar refractivity (Wildman–Crippen MR) is 95.3 cm³/mol. The largest absolute Gasteiger partial charge is 0.454 e. The number of fused-ring (bicyclic) bond motifs is 2. The van der Waals surface area contributed by atoms with E-state index in [0.717, 1.165) is 15.0 Å². The van der Waals surface area contributed by atoms with E-state index in [4.69, 9.17) is 4.74 Å². The Balaban J connectivity index is 1.55. The molecule has 1 aliphatic heterocycles. The Morgan fingerprint density at radius 1 is 1.23 bits per heavy atom. The highest BCUT2D eigenvalue weighted by atomic mass is 32.2. The number of esters is 1. The van der Waals surface area contributed by atoms with E-state index < -0.39 is 18.6 Å². The molecule has 4 nitrogen and oxygen atoms in total. The van der Waals surface area contributed by atoms with E-state index in [1.54, 1.807) is 31.2 Å². The number of hydrogen-bond acceptors (Lipinski definition) is 4. The van der Waals surface area contributed by atoms with Crippen LogP contribution in [-0.4, -0.2) is 20.8 Å². The van der Waals surface area contributed by atoms with Crippen LogP contribution in [0.1, 0.15) is 31.0 Å². The Bertz CT molecular complexity index is 948. The van der Waals surface area contributed by atoms with Crippen LogP contribution in [0.25, 0.3) is 11.0 Å². The van der Waals surface area contributed by atoms with Crippen molar-refractivity contribution in [1.82, 2.24) is 9.55 Å². The van der Waals surface area contributed by atoms with Gasteiger partial charge in [-0.2, -0.15) is 8.78 Å². The number of carbonyl (C=O) groups is 1. The smallest absolute Gasteiger partial charge is 0.320 e. The zero-order valence-corrected chi connectivity index (χ0v) is 14.7. The van der Waals surface area contributed by atoms with Gasteiger partial charge in [-0.3, -0.25) is 9.36 Å². The van der Waals surface area contributed by atoms with Crippen molar-refractivity contribution >= 4 is 28.8 Å². The SMILES string of the molecule is CC(OC(=O)C1Cc2ccccc2S1)c1nc2ccccc2n1C(F)F. The lowest BCUT2D eigenvalue weighted by atomic mass is 10.1. The van der Waals surface area contributed by atoms with Gasteiger partial charge in [0.15, 0.2) is 11.9 Å². The molecular formula is C19H16F2N2O2S. The van der Waals surface area contributed by atoms with Gasteiger partial charge < -0.3 is 4.74 Å². The van der Waals surface area contributed by atoms with E-state index in [1.807, 2.05) is 24.3 Å². The normalized spacial score (nSPS) is 17.5. The van der Waals surface area contributed by atoms with Crippen molar-refractivity contribution in [2.24, 2.45) is 0 Å². The lowest BCUT2D eigenvalue weighted by molar-refractivity contribution is -0.148. The van der Waals surface area contributed by atoms with E-state index in [9.17, 15) is 13.6 Å². The first-order valence-electron chi connectivity index (χ1n) is 8.24. The fourth-order valence-corrected chi connectivity index (χ4v) is 4.35. The Labute approximate surface area is 153 Å². The van der Waals surface area contributed by atoms with Crippen molar-refractivity contribution in [2.45, 2.75) is 36.1 Å². The lowest BCUT2D eigenvalue weighted by Crippen LogP contribution is -2.22. The highest BCUT2D eigenvalue weighted by Crippen LogP contribution is 2.38. The number of para-hydroxylation sites is 2. The summed E-state index contributed by atoms with van der Waals surface area (Å²) < 4.78 is 33.4. The first-order chi connectivity index (χ1) is 12.5. The Hall–Kier alpha value is -2.41. The number of aromatic nitrogens is 2. The quantitative estimate of drug-likeness (QED) is 0.618. The summed E-state index contributed by atoms with van der Waals surface area (Å²) in [5.41, 5.74) is 1.88. The van der Waals surface area contributed by atoms with E-state index in [1.165, 1.54) is 11.8 Å². The molecule has 7 heteroatoms. The number of thioether (sulfide) groups is 1. The number of imidazole rings is 1. The molecule has 2 unspecified atom stereocenters. The molecule has 0 aliphatic carbocycles. The van der Waals surface area contributed by atoms with Crippen molar-refractivity contribution in [1.29, 1.82) is 0 Å². The minimum Gasteiger partial charge on any atom is -0.454 e. The van der Waals surface area contributed by atoms with Crippen LogP contribution in [0.15, 0.2) is 53.4 Å². The monoisotopic (exact) mass is 374 g/mol. The number of hydrogen-bond donors (Lipinski definition) is 0. The lowest BCUT2D eigenvalue weighted by Gasteiger charge is -2.17. The minimum absolute atomic E-state index is 0.0510. The molecule has 0 saturated carbocycles. The molecule has 1 aromatic heterocycles. The van der Waals surface area contributed by atoms with E-state index >= 15 is 0 Å². The van der Waals surface area contributed by atoms with E-state index in [-0.39, 0.29) is 11.1 Å². The predicted octanol–water partition coefficient (Wildman–Crippen LogP) is 4.75. The van der Waals surface area contributed by atoms with Crippen LogP contribution in [0.2, 0.25) is 0 Å². The van der Waals surface area contributed by atoms with Crippen molar-refractivity contribution < 1.29 is 18.3 Å². The molecule has 0 N–H and O–H groups in total. The molecule has 0 fully saturated rings. The van der Waals surface area contributed by atoms with Gasteiger partial charge in [0.25, 0.3) is 0 Å². The molecule has 0 amide bonds. The first-order valence-corrected chi connectivity index (χ1v) is 9.12. The van der Waals surface area contributed by atoms with Crippen LogP contribution in [0.4, 0.5) is 8.78 Å². The fraction of sp³-hybridized carbons (Fsp3) is 0.263. The summed E-state index contributed by atoms with van der Waals surface area (Å²) in [6, 6.07) is 14.5. The molecule has 26 heavy (non-hydrogen) atoms. The molecule has 0 spiro atoms. The van der Waals surface area contributed by atoms with Crippen molar-refractivity contribution in [3.8, 4) is 0 Å². The molecule has 4 rings (SSSR count). The summed E-state index contributed by atoms with van der Waals surface area (Å²) in [6.07, 6.45) is -0.286. The molecule has 0 saturated heterocycles. The third-order valence-corrected chi connectivity index (χ3v) is 5.68. The summed E-state index contributed by atoms with van der Waals surface area (Å²) in [6.45, 7) is -1.19. The summed E-state index contributed by atoms with van der Waals surface area (Å²) >= 11 is 1.45. The Kier molecular flexibility index (Phi) is 4.40. The van der Waals surface area contributed by atoms with Gasteiger partial charge in [-0.15, -0.1) is 11.8 Å². The highest BCUT2D eigenvalue weighted by molar-refractivity contribution is 8.01. The van der Waals surface area contributed by atoms with Crippen LogP contribution >= 0.6 is 11.8 Å². The maximum atomic E-state index is 13.5. The number of alkyl halides is 2. The zero-order chi connectivity index (χ0) is 18.3. The molecular weight excluding hydrogens is 358 g/mol. The molecule has 2 aromatic carbocycles. The summed E-state index contributed by atoms with van der Waals surface area (Å²) in [5, 5.41) is -0.362. The Morgan fingerprint density at radius 2 is 1.96 bits per heavy atom. The van der Waals surface area contributed by atoms with Crippen LogP contribution in [0.5, 0.6) is 0 Å². The van der Waals surface area contributed by atoms with Gasteiger partial charge in [-0.05, 0) is 37.1 Å². The average Bonchev–Trinajstić information content (AvgIpc) is 3.23. The molecule has 2 atom stereocenters. The maximum absolute atomic E-state index is 13.5. The van der Waals surface area contributed by atoms with Crippen LogP contribution in [0, 0.1) is 0 Å². The molecule has 0 bridgehead atoms. The first kappa shape index (κ1) is 17.0. The molecule has 2 heterocycles. The summed E-state index contributed by atoms with van der Waals surface area (Å²) in [4.78, 5) is 17.8. The van der Waals surface area contributed by atoms with Crippen molar-refractivity contribution in [2.75, 3.05) is 0 Å². The van der Waals surface area contributed by atoms with E-state index in [2.05, 4.69) is 4.98 Å². The van der Waals surface area contributed by atoms with Gasteiger partial charge in [0.05, 0.1) is 11.0 Å². The van der Waals surface area contributed by atoms with Gasteiger partial charge in [-0.1, -0.05) is 30.3 Å². The maximum Gasteiger partial charge on any atom is 0.320 e. The second kappa shape index (κ2) is 6.72. The summed E-state index contributed by atoms with van der Waals surface area (Å²) in [5.74, 6) is -0.360. The molecule has 0 radical (unpaired) electrons. The molecule has 3 aromatic rings. The molecule has 134 valence electrons. The zero-order valence-electron chi connectivity index (χ0n) is 13.9. The van der Waals surface area contributed by atoms with Crippen LogP contribution in [-0.2, 0) is 16.0 Å². The van der Waals surface area contributed by atoms with Gasteiger partial charge in [0.2, 0.25) is 0 Å². The van der Waals surface area contributed by atoms with Crippen molar-refractivity contribution in [3.05, 3.63) is 59.9 Å². The van der Waals surface area contributed by atoms with Crippen LogP contribution in [0.3, 0.4) is 0 Å². The van der Waals surface area contributed by atoms with Crippen LogP contribution < -0.4 is 0 Å². The topological polar surface area (TPSA) is 44.1 Å². The fourth-order valence-electron chi connectivity index (χ4n) is 3.17. The second-order valence-corrected chi connectivity index (χ2v) is 7.35. The third-order valence-electron chi connectivity index (χ3n) is 4.38. The summed E-state index contributed by atoms with van der Waals surface area (Å²) in [7, 11) is 0. The number of halogens is 2. The molecule has 1 aliphatic rings. The third kappa shape index (κ3) is 2.96. The van der Waals surface area contributed by atoms with Crippen molar-refractivity contribution in [3.63, 3.8) is 0 Å². The second-order valence-electron chi connectivity index (χ2n) is 6.10. The number of benzene rings is 2. The van der Waals surface area contributed by atoms with Gasteiger partial charge >= 0.3 is 12.5 Å². The van der Waals surface area contributed by atoms with E-state index in [0.29, 0.717) is 17.5 Å². The highest BCUT2D eigenvalue weighted by Gasteiger charge is 2.32. The number of rotatable bonds is 4. The number of ether oxygens (including phenoxy) is 1. The minimum atomic E-state index is -2.76. The number of nitrogens with zero attached hydrogens (tertiary/aromatic N) is 2. The van der Waals surface area contributed by atoms with Gasteiger partial charge in [0.1, 0.15) is 5.25 Å². The Morgan fingerprint density at radius 3 is 2.73 bits per heavy atom.